The molecule has 6 heteroatoms. The van der Waals surface area contributed by atoms with Crippen LogP contribution in [0.2, 0.25) is 0 Å². The first-order valence-electron chi connectivity index (χ1n) is 2.62. The quantitative estimate of drug-likeness (QED) is 0.645. The van der Waals surface area contributed by atoms with Gasteiger partial charge >= 0.3 is 6.18 Å². The summed E-state index contributed by atoms with van der Waals surface area (Å²) in [4.78, 5) is 0. The van der Waals surface area contributed by atoms with Crippen LogP contribution >= 0.6 is 23.3 Å². The molecule has 0 amide bonds. The second-order valence-electron chi connectivity index (χ2n) is 1.73. The zero-order valence-electron chi connectivity index (χ0n) is 5.47. The van der Waals surface area contributed by atoms with Crippen LogP contribution in [0.5, 0.6) is 0 Å². The minimum atomic E-state index is -4.30. The summed E-state index contributed by atoms with van der Waals surface area (Å²) in [7, 11) is 0. The summed E-state index contributed by atoms with van der Waals surface area (Å²) in [5.41, 5.74) is -0.799. The van der Waals surface area contributed by atoms with Crippen LogP contribution in [-0.2, 0) is 6.18 Å². The summed E-state index contributed by atoms with van der Waals surface area (Å²) in [6.07, 6.45) is -2.59. The predicted octanol–water partition coefficient (Wildman–Crippen LogP) is 2.88. The summed E-state index contributed by atoms with van der Waals surface area (Å²) >= 11 is 2.13. The second-order valence-corrected chi connectivity index (χ2v) is 3.64. The molecule has 0 saturated heterocycles. The number of aromatic nitrogens is 1. The number of hydrogen-bond acceptors (Lipinski definition) is 3. The lowest BCUT2D eigenvalue weighted by atomic mass is 10.4. The minimum Gasteiger partial charge on any atom is -0.187 e. The van der Waals surface area contributed by atoms with Crippen molar-refractivity contribution < 1.29 is 13.2 Å². The number of nitrogens with zero attached hydrogens (tertiary/aromatic N) is 1. The zero-order chi connectivity index (χ0) is 8.48. The van der Waals surface area contributed by atoms with Crippen molar-refractivity contribution in [3.63, 3.8) is 0 Å². The molecule has 0 aliphatic heterocycles. The molecular formula is C5H4F3NS2. The Morgan fingerprint density at radius 2 is 2.18 bits per heavy atom. The highest BCUT2D eigenvalue weighted by Crippen LogP contribution is 2.32. The molecule has 0 unspecified atom stereocenters. The monoisotopic (exact) mass is 199 g/mol. The Morgan fingerprint density at radius 3 is 2.45 bits per heavy atom. The van der Waals surface area contributed by atoms with Crippen LogP contribution in [-0.4, -0.2) is 10.6 Å². The third kappa shape index (κ3) is 2.10. The van der Waals surface area contributed by atoms with Gasteiger partial charge in [-0.25, -0.2) is 0 Å². The molecule has 0 saturated carbocycles. The fourth-order valence-corrected chi connectivity index (χ4v) is 1.64. The van der Waals surface area contributed by atoms with Crippen molar-refractivity contribution in [1.29, 1.82) is 0 Å². The van der Waals surface area contributed by atoms with Gasteiger partial charge in [-0.05, 0) is 23.9 Å². The Hall–Kier alpha value is -0.230. The standard InChI is InChI=1S/C5H4F3NS2/c1-10-4-2-3(9-11-4)5(6,7)8/h2H,1H3. The van der Waals surface area contributed by atoms with Crippen LogP contribution < -0.4 is 0 Å². The van der Waals surface area contributed by atoms with Crippen molar-refractivity contribution in [3.05, 3.63) is 11.8 Å². The van der Waals surface area contributed by atoms with Crippen molar-refractivity contribution >= 4 is 23.3 Å². The van der Waals surface area contributed by atoms with Gasteiger partial charge in [0.05, 0.1) is 4.21 Å². The summed E-state index contributed by atoms with van der Waals surface area (Å²) in [5.74, 6) is 0. The van der Waals surface area contributed by atoms with E-state index in [4.69, 9.17) is 0 Å². The van der Waals surface area contributed by atoms with Gasteiger partial charge in [0.15, 0.2) is 5.69 Å². The van der Waals surface area contributed by atoms with Crippen molar-refractivity contribution in [3.8, 4) is 0 Å². The molecule has 0 radical (unpaired) electrons. The van der Waals surface area contributed by atoms with E-state index in [0.29, 0.717) is 4.21 Å². The fourth-order valence-electron chi connectivity index (χ4n) is 0.488. The van der Waals surface area contributed by atoms with E-state index >= 15 is 0 Å². The summed E-state index contributed by atoms with van der Waals surface area (Å²) in [6, 6.07) is 1.05. The molecular weight excluding hydrogens is 195 g/mol. The van der Waals surface area contributed by atoms with Gasteiger partial charge in [0.1, 0.15) is 0 Å². The highest BCUT2D eigenvalue weighted by atomic mass is 32.2. The third-order valence-electron chi connectivity index (χ3n) is 0.980. The van der Waals surface area contributed by atoms with E-state index in [0.717, 1.165) is 17.6 Å². The molecule has 1 rings (SSSR count). The van der Waals surface area contributed by atoms with Crippen LogP contribution in [0.25, 0.3) is 0 Å². The van der Waals surface area contributed by atoms with E-state index in [9.17, 15) is 13.2 Å². The van der Waals surface area contributed by atoms with Crippen molar-refractivity contribution in [2.45, 2.75) is 10.4 Å². The van der Waals surface area contributed by atoms with E-state index in [1.54, 1.807) is 6.26 Å². The van der Waals surface area contributed by atoms with Crippen LogP contribution in [0.4, 0.5) is 13.2 Å². The molecule has 0 spiro atoms. The molecule has 0 N–H and O–H groups in total. The van der Waals surface area contributed by atoms with E-state index < -0.39 is 11.9 Å². The minimum absolute atomic E-state index is 0.581. The molecule has 1 nitrogen and oxygen atoms in total. The van der Waals surface area contributed by atoms with Crippen LogP contribution in [0, 0.1) is 0 Å². The SMILES string of the molecule is CSc1cc(C(F)(F)F)ns1. The average Bonchev–Trinajstić information content (AvgIpc) is 2.32. The molecule has 1 heterocycles. The number of hydrogen-bond donors (Lipinski definition) is 0. The Labute approximate surface area is 69.8 Å². The summed E-state index contributed by atoms with van der Waals surface area (Å²) < 4.78 is 39.5. The zero-order valence-corrected chi connectivity index (χ0v) is 7.11. The Morgan fingerprint density at radius 1 is 1.55 bits per heavy atom. The maximum Gasteiger partial charge on any atom is 0.434 e. The van der Waals surface area contributed by atoms with Gasteiger partial charge in [-0.3, -0.25) is 0 Å². The predicted molar refractivity (Wildman–Crippen MR) is 38.9 cm³/mol. The summed E-state index contributed by atoms with van der Waals surface area (Å²) in [6.45, 7) is 0. The lowest BCUT2D eigenvalue weighted by Gasteiger charge is -1.98. The number of halogens is 3. The van der Waals surface area contributed by atoms with Gasteiger partial charge in [-0.2, -0.15) is 17.5 Å². The van der Waals surface area contributed by atoms with Gasteiger partial charge in [0.25, 0.3) is 0 Å². The molecule has 11 heavy (non-hydrogen) atoms. The first kappa shape index (κ1) is 8.86. The molecule has 62 valence electrons. The lowest BCUT2D eigenvalue weighted by molar-refractivity contribution is -0.140. The molecule has 0 fully saturated rings. The largest absolute Gasteiger partial charge is 0.434 e. The van der Waals surface area contributed by atoms with Gasteiger partial charge in [0.2, 0.25) is 0 Å². The smallest absolute Gasteiger partial charge is 0.187 e. The first-order chi connectivity index (χ1) is 5.04. The van der Waals surface area contributed by atoms with Crippen molar-refractivity contribution in [2.24, 2.45) is 0 Å². The molecule has 1 aromatic heterocycles. The lowest BCUT2D eigenvalue weighted by Crippen LogP contribution is -2.04. The Bertz CT molecular complexity index is 242. The molecule has 0 aliphatic carbocycles. The molecule has 1 aromatic rings. The van der Waals surface area contributed by atoms with Gasteiger partial charge in [-0.1, -0.05) is 0 Å². The van der Waals surface area contributed by atoms with Crippen molar-refractivity contribution in [1.82, 2.24) is 4.37 Å². The Balaban J connectivity index is 2.89. The van der Waals surface area contributed by atoms with E-state index in [1.165, 1.54) is 11.8 Å². The van der Waals surface area contributed by atoms with Gasteiger partial charge in [-0.15, -0.1) is 11.8 Å². The molecule has 0 bridgehead atoms. The topological polar surface area (TPSA) is 12.9 Å². The Kier molecular flexibility index (Phi) is 2.43. The molecule has 0 aliphatic rings. The highest BCUT2D eigenvalue weighted by molar-refractivity contribution is 8.00. The number of alkyl halides is 3. The van der Waals surface area contributed by atoms with Gasteiger partial charge in [0, 0.05) is 0 Å². The maximum atomic E-state index is 11.9. The van der Waals surface area contributed by atoms with Crippen LogP contribution in [0.1, 0.15) is 5.69 Å². The number of rotatable bonds is 1. The molecule has 0 aromatic carbocycles. The van der Waals surface area contributed by atoms with E-state index in [-0.39, 0.29) is 0 Å². The number of thioether (sulfide) groups is 1. The normalized spacial score (nSPS) is 12.0. The highest BCUT2D eigenvalue weighted by Gasteiger charge is 2.33. The summed E-state index contributed by atoms with van der Waals surface area (Å²) in [5, 5.41) is 0. The van der Waals surface area contributed by atoms with Crippen LogP contribution in [0.3, 0.4) is 0 Å². The van der Waals surface area contributed by atoms with Crippen molar-refractivity contribution in [2.75, 3.05) is 6.26 Å². The molecule has 0 atom stereocenters. The van der Waals surface area contributed by atoms with E-state index in [2.05, 4.69) is 4.37 Å². The first-order valence-corrected chi connectivity index (χ1v) is 4.62. The average molecular weight is 199 g/mol. The fraction of sp³-hybridized carbons (Fsp3) is 0.400. The van der Waals surface area contributed by atoms with E-state index in [1.807, 2.05) is 0 Å². The second kappa shape index (κ2) is 3.02. The maximum absolute atomic E-state index is 11.9. The third-order valence-corrected chi connectivity index (χ3v) is 2.81. The van der Waals surface area contributed by atoms with Gasteiger partial charge < -0.3 is 0 Å². The van der Waals surface area contributed by atoms with Crippen LogP contribution in [0.15, 0.2) is 10.3 Å².